The van der Waals surface area contributed by atoms with E-state index in [4.69, 9.17) is 0 Å². The lowest BCUT2D eigenvalue weighted by Crippen LogP contribution is -2.06. The van der Waals surface area contributed by atoms with Crippen LogP contribution in [0.3, 0.4) is 0 Å². The monoisotopic (exact) mass is 277 g/mol. The van der Waals surface area contributed by atoms with Crippen LogP contribution in [0.1, 0.15) is 12.8 Å². The molecule has 82 valence electrons. The van der Waals surface area contributed by atoms with Gasteiger partial charge in [0.1, 0.15) is 0 Å². The summed E-state index contributed by atoms with van der Waals surface area (Å²) >= 11 is 3.51. The van der Waals surface area contributed by atoms with E-state index in [0.717, 1.165) is 33.8 Å². The quantitative estimate of drug-likeness (QED) is 0.936. The maximum absolute atomic E-state index is 4.51. The first-order chi connectivity index (χ1) is 7.83. The van der Waals surface area contributed by atoms with Crippen molar-refractivity contribution in [1.29, 1.82) is 0 Å². The van der Waals surface area contributed by atoms with Gasteiger partial charge < -0.3 is 5.32 Å². The lowest BCUT2D eigenvalue weighted by Gasteiger charge is -2.05. The maximum atomic E-state index is 4.51. The van der Waals surface area contributed by atoms with Gasteiger partial charge in [0, 0.05) is 22.6 Å². The van der Waals surface area contributed by atoms with Crippen molar-refractivity contribution in [3.63, 3.8) is 0 Å². The van der Waals surface area contributed by atoms with Gasteiger partial charge in [-0.1, -0.05) is 12.1 Å². The van der Waals surface area contributed by atoms with E-state index in [0.29, 0.717) is 0 Å². The highest BCUT2D eigenvalue weighted by Gasteiger charge is 2.20. The highest BCUT2D eigenvalue weighted by atomic mass is 79.9. The molecule has 1 aromatic heterocycles. The van der Waals surface area contributed by atoms with E-state index in [9.17, 15) is 0 Å². The Hall–Kier alpha value is -1.16. The molecule has 1 aliphatic carbocycles. The number of fused-ring (bicyclic) bond motifs is 1. The highest BCUT2D eigenvalue weighted by Crippen LogP contribution is 2.29. The van der Waals surface area contributed by atoms with E-state index < -0.39 is 0 Å². The molecule has 2 aromatic rings. The number of hydrogen-bond acceptors (Lipinski definition) is 3. The molecule has 0 amide bonds. The topological polar surface area (TPSA) is 37.8 Å². The van der Waals surface area contributed by atoms with Crippen molar-refractivity contribution in [3.8, 4) is 0 Å². The second-order valence-corrected chi connectivity index (χ2v) is 5.05. The second-order valence-electron chi connectivity index (χ2n) is 4.20. The first-order valence-electron chi connectivity index (χ1n) is 5.48. The molecule has 0 spiro atoms. The van der Waals surface area contributed by atoms with Gasteiger partial charge >= 0.3 is 0 Å². The van der Waals surface area contributed by atoms with E-state index in [1.165, 1.54) is 12.8 Å². The van der Waals surface area contributed by atoms with Crippen LogP contribution < -0.4 is 5.32 Å². The molecule has 0 bridgehead atoms. The summed E-state index contributed by atoms with van der Waals surface area (Å²) < 4.78 is 1.02. The van der Waals surface area contributed by atoms with Gasteiger partial charge in [0.2, 0.25) is 5.95 Å². The zero-order valence-corrected chi connectivity index (χ0v) is 10.4. The van der Waals surface area contributed by atoms with Gasteiger partial charge in [-0.3, -0.25) is 0 Å². The lowest BCUT2D eigenvalue weighted by atomic mass is 10.2. The molecular formula is C12H12BrN3. The normalized spacial score (nSPS) is 15.3. The summed E-state index contributed by atoms with van der Waals surface area (Å²) in [6.07, 6.45) is 4.54. The first-order valence-corrected chi connectivity index (χ1v) is 6.27. The fourth-order valence-electron chi connectivity index (χ4n) is 1.66. The molecule has 1 heterocycles. The predicted octanol–water partition coefficient (Wildman–Crippen LogP) is 3.21. The minimum atomic E-state index is 0.728. The Morgan fingerprint density at radius 3 is 3.06 bits per heavy atom. The molecule has 1 N–H and O–H groups in total. The third-order valence-corrected chi connectivity index (χ3v) is 3.45. The van der Waals surface area contributed by atoms with Gasteiger partial charge in [0.05, 0.1) is 5.52 Å². The number of hydrogen-bond donors (Lipinski definition) is 1. The summed E-state index contributed by atoms with van der Waals surface area (Å²) in [5.41, 5.74) is 0.968. The van der Waals surface area contributed by atoms with Gasteiger partial charge in [-0.15, -0.1) is 0 Å². The van der Waals surface area contributed by atoms with Crippen LogP contribution in [0.2, 0.25) is 0 Å². The van der Waals surface area contributed by atoms with Gasteiger partial charge in [-0.25, -0.2) is 9.97 Å². The van der Waals surface area contributed by atoms with Crippen molar-refractivity contribution < 1.29 is 0 Å². The van der Waals surface area contributed by atoms with Crippen molar-refractivity contribution in [2.45, 2.75) is 12.8 Å². The minimum absolute atomic E-state index is 0.728. The Balaban J connectivity index is 1.91. The van der Waals surface area contributed by atoms with Crippen LogP contribution >= 0.6 is 15.9 Å². The average molecular weight is 278 g/mol. The molecule has 1 aliphatic rings. The molecule has 0 unspecified atom stereocenters. The molecule has 16 heavy (non-hydrogen) atoms. The summed E-state index contributed by atoms with van der Waals surface area (Å²) in [5, 5.41) is 4.34. The van der Waals surface area contributed by atoms with E-state index in [2.05, 4.69) is 31.2 Å². The average Bonchev–Trinajstić information content (AvgIpc) is 3.11. The molecule has 4 heteroatoms. The summed E-state index contributed by atoms with van der Waals surface area (Å²) in [6, 6.07) is 6.01. The third-order valence-electron chi connectivity index (χ3n) is 2.81. The number of rotatable bonds is 3. The van der Waals surface area contributed by atoms with Crippen LogP contribution in [0, 0.1) is 5.92 Å². The second kappa shape index (κ2) is 4.01. The van der Waals surface area contributed by atoms with Gasteiger partial charge in [0.15, 0.2) is 0 Å². The molecule has 0 saturated heterocycles. The van der Waals surface area contributed by atoms with E-state index in [-0.39, 0.29) is 0 Å². The van der Waals surface area contributed by atoms with Crippen molar-refractivity contribution in [1.82, 2.24) is 9.97 Å². The number of nitrogens with one attached hydrogen (secondary N) is 1. The largest absolute Gasteiger partial charge is 0.354 e. The summed E-state index contributed by atoms with van der Waals surface area (Å²) in [6.45, 7) is 0.996. The summed E-state index contributed by atoms with van der Waals surface area (Å²) in [5.74, 6) is 1.56. The molecular weight excluding hydrogens is 266 g/mol. The van der Waals surface area contributed by atoms with Crippen molar-refractivity contribution >= 4 is 32.8 Å². The summed E-state index contributed by atoms with van der Waals surface area (Å²) in [4.78, 5) is 8.81. The van der Waals surface area contributed by atoms with Crippen molar-refractivity contribution in [2.24, 2.45) is 5.92 Å². The molecule has 1 fully saturated rings. The Morgan fingerprint density at radius 2 is 2.25 bits per heavy atom. The van der Waals surface area contributed by atoms with Gasteiger partial charge in [-0.05, 0) is 40.8 Å². The molecule has 1 saturated carbocycles. The van der Waals surface area contributed by atoms with Crippen LogP contribution in [0.25, 0.3) is 10.9 Å². The van der Waals surface area contributed by atoms with Crippen LogP contribution in [-0.4, -0.2) is 16.5 Å². The Bertz CT molecular complexity index is 523. The Labute approximate surface area is 102 Å². The van der Waals surface area contributed by atoms with E-state index in [1.807, 2.05) is 24.4 Å². The number of anilines is 1. The first kappa shape index (κ1) is 10.0. The fraction of sp³-hybridized carbons (Fsp3) is 0.333. The van der Waals surface area contributed by atoms with E-state index in [1.54, 1.807) is 0 Å². The minimum Gasteiger partial charge on any atom is -0.354 e. The van der Waals surface area contributed by atoms with Crippen LogP contribution in [0.5, 0.6) is 0 Å². The van der Waals surface area contributed by atoms with E-state index >= 15 is 0 Å². The number of nitrogens with zero attached hydrogens (tertiary/aromatic N) is 2. The van der Waals surface area contributed by atoms with Crippen LogP contribution in [0.4, 0.5) is 5.95 Å². The molecule has 3 rings (SSSR count). The highest BCUT2D eigenvalue weighted by molar-refractivity contribution is 9.10. The van der Waals surface area contributed by atoms with Gasteiger partial charge in [0.25, 0.3) is 0 Å². The molecule has 0 atom stereocenters. The third kappa shape index (κ3) is 2.02. The smallest absolute Gasteiger partial charge is 0.223 e. The fourth-order valence-corrected chi connectivity index (χ4v) is 2.13. The number of aromatic nitrogens is 2. The number of halogens is 1. The standard InChI is InChI=1S/C12H12BrN3/c13-10-3-1-2-9-7-15-12(16-11(9)10)14-6-8-4-5-8/h1-3,7-8H,4-6H2,(H,14,15,16). The van der Waals surface area contributed by atoms with Crippen LogP contribution in [0.15, 0.2) is 28.9 Å². The Kier molecular flexibility index (Phi) is 2.52. The van der Waals surface area contributed by atoms with Crippen molar-refractivity contribution in [2.75, 3.05) is 11.9 Å². The predicted molar refractivity (Wildman–Crippen MR) is 68.5 cm³/mol. The molecule has 0 radical (unpaired) electrons. The molecule has 0 aliphatic heterocycles. The maximum Gasteiger partial charge on any atom is 0.223 e. The number of para-hydroxylation sites is 1. The van der Waals surface area contributed by atoms with Crippen molar-refractivity contribution in [3.05, 3.63) is 28.9 Å². The Morgan fingerprint density at radius 1 is 1.38 bits per heavy atom. The molecule has 3 nitrogen and oxygen atoms in total. The zero-order chi connectivity index (χ0) is 11.0. The van der Waals surface area contributed by atoms with Crippen LogP contribution in [-0.2, 0) is 0 Å². The lowest BCUT2D eigenvalue weighted by molar-refractivity contribution is 0.875. The number of benzene rings is 1. The zero-order valence-electron chi connectivity index (χ0n) is 8.78. The molecule has 1 aromatic carbocycles. The summed E-state index contributed by atoms with van der Waals surface area (Å²) in [7, 11) is 0. The SMILES string of the molecule is Brc1cccc2cnc(NCC3CC3)nc12. The van der Waals surface area contributed by atoms with Gasteiger partial charge in [-0.2, -0.15) is 0 Å².